The van der Waals surface area contributed by atoms with E-state index in [0.717, 1.165) is 45.4 Å². The van der Waals surface area contributed by atoms with Gasteiger partial charge in [0.15, 0.2) is 5.17 Å². The molecule has 0 unspecified atom stereocenters. The Morgan fingerprint density at radius 3 is 2.29 bits per heavy atom. The van der Waals surface area contributed by atoms with Crippen molar-refractivity contribution >= 4 is 46.2 Å². The fourth-order valence-electron chi connectivity index (χ4n) is 4.65. The molecule has 0 bridgehead atoms. The van der Waals surface area contributed by atoms with Gasteiger partial charge in [0.2, 0.25) is 0 Å². The first kappa shape index (κ1) is 29.5. The Balaban J connectivity index is 1.36. The molecule has 0 aliphatic carbocycles. The topological polar surface area (TPSA) is 65.3 Å². The van der Waals surface area contributed by atoms with E-state index in [1.54, 1.807) is 19.1 Å². The zero-order chi connectivity index (χ0) is 29.6. The number of hydrogen-bond acceptors (Lipinski definition) is 6. The van der Waals surface area contributed by atoms with Gasteiger partial charge >= 0.3 is 0 Å². The fraction of sp³-hybridized carbons (Fsp3) is 0.212. The van der Waals surface area contributed by atoms with E-state index in [1.807, 2.05) is 78.9 Å². The van der Waals surface area contributed by atoms with E-state index in [4.69, 9.17) is 30.8 Å². The molecule has 7 nitrogen and oxygen atoms in total. The molecular formula is C33H32ClN3O4S. The lowest BCUT2D eigenvalue weighted by Crippen LogP contribution is -2.32. The molecule has 0 N–H and O–H groups in total. The molecule has 2 heterocycles. The summed E-state index contributed by atoms with van der Waals surface area (Å²) in [6.07, 6.45) is 1.95. The van der Waals surface area contributed by atoms with Gasteiger partial charge in [0.05, 0.1) is 30.9 Å². The third-order valence-electron chi connectivity index (χ3n) is 6.87. The first-order valence-corrected chi connectivity index (χ1v) is 14.7. The molecule has 5 rings (SSSR count). The second kappa shape index (κ2) is 13.3. The molecule has 1 aliphatic heterocycles. The minimum absolute atomic E-state index is 0.0868. The Labute approximate surface area is 255 Å². The van der Waals surface area contributed by atoms with Crippen LogP contribution < -0.4 is 9.47 Å². The summed E-state index contributed by atoms with van der Waals surface area (Å²) in [6.45, 7) is 5.41. The minimum atomic E-state index is -0.0868. The fourth-order valence-corrected chi connectivity index (χ4v) is 5.79. The van der Waals surface area contributed by atoms with Crippen LogP contribution in [0, 0.1) is 13.8 Å². The normalized spacial score (nSPS) is 15.2. The van der Waals surface area contributed by atoms with Gasteiger partial charge in [0.1, 0.15) is 18.1 Å². The van der Waals surface area contributed by atoms with Gasteiger partial charge in [-0.1, -0.05) is 23.7 Å². The monoisotopic (exact) mass is 601 g/mol. The largest absolute Gasteiger partial charge is 0.497 e. The molecule has 1 aromatic heterocycles. The molecule has 0 spiro atoms. The molecule has 0 atom stereocenters. The lowest BCUT2D eigenvalue weighted by atomic mass is 10.2. The second-order valence-electron chi connectivity index (χ2n) is 9.72. The number of benzene rings is 3. The molecular weight excluding hydrogens is 570 g/mol. The van der Waals surface area contributed by atoms with Crippen LogP contribution in [0.4, 0.5) is 5.69 Å². The summed E-state index contributed by atoms with van der Waals surface area (Å²) < 4.78 is 18.6. The predicted octanol–water partition coefficient (Wildman–Crippen LogP) is 7.59. The molecule has 216 valence electrons. The van der Waals surface area contributed by atoms with E-state index in [9.17, 15) is 4.79 Å². The van der Waals surface area contributed by atoms with Crippen LogP contribution >= 0.6 is 23.4 Å². The van der Waals surface area contributed by atoms with Crippen LogP contribution in [0.3, 0.4) is 0 Å². The van der Waals surface area contributed by atoms with Gasteiger partial charge in [-0.2, -0.15) is 0 Å². The number of aromatic nitrogens is 1. The summed E-state index contributed by atoms with van der Waals surface area (Å²) in [6, 6.07) is 25.2. The van der Waals surface area contributed by atoms with Crippen LogP contribution in [0.2, 0.25) is 5.02 Å². The maximum atomic E-state index is 13.5. The van der Waals surface area contributed by atoms with E-state index in [-0.39, 0.29) is 5.91 Å². The summed E-state index contributed by atoms with van der Waals surface area (Å²) in [4.78, 5) is 20.5. The first-order chi connectivity index (χ1) is 20.4. The van der Waals surface area contributed by atoms with Crippen LogP contribution in [-0.4, -0.2) is 47.9 Å². The van der Waals surface area contributed by atoms with E-state index < -0.39 is 0 Å². The van der Waals surface area contributed by atoms with Gasteiger partial charge in [0, 0.05) is 29.2 Å². The zero-order valence-corrected chi connectivity index (χ0v) is 25.5. The minimum Gasteiger partial charge on any atom is -0.497 e. The molecule has 3 aromatic carbocycles. The average Bonchev–Trinajstić information content (AvgIpc) is 3.45. The molecule has 1 fully saturated rings. The highest BCUT2D eigenvalue weighted by molar-refractivity contribution is 8.18. The number of amides is 1. The number of amidine groups is 1. The van der Waals surface area contributed by atoms with Crippen molar-refractivity contribution in [2.24, 2.45) is 4.99 Å². The molecule has 1 aliphatic rings. The van der Waals surface area contributed by atoms with Crippen molar-refractivity contribution in [1.29, 1.82) is 0 Å². The number of hydrogen-bond donors (Lipinski definition) is 0. The van der Waals surface area contributed by atoms with Crippen LogP contribution in [-0.2, 0) is 16.1 Å². The van der Waals surface area contributed by atoms with Gasteiger partial charge in [-0.05, 0) is 110 Å². The van der Waals surface area contributed by atoms with Gasteiger partial charge in [-0.15, -0.1) is 0 Å². The number of nitrogens with zero attached hydrogens (tertiary/aromatic N) is 3. The van der Waals surface area contributed by atoms with Crippen molar-refractivity contribution in [3.63, 3.8) is 0 Å². The van der Waals surface area contributed by atoms with Gasteiger partial charge in [0.25, 0.3) is 5.91 Å². The molecule has 0 saturated carbocycles. The third kappa shape index (κ3) is 6.73. The van der Waals surface area contributed by atoms with Crippen LogP contribution in [0.1, 0.15) is 22.5 Å². The number of aryl methyl sites for hydroxylation is 1. The number of aliphatic imine (C=N–C) groups is 1. The third-order valence-corrected chi connectivity index (χ3v) is 8.13. The first-order valence-electron chi connectivity index (χ1n) is 13.5. The Hall–Kier alpha value is -3.98. The molecule has 1 amide bonds. The number of rotatable bonds is 10. The summed E-state index contributed by atoms with van der Waals surface area (Å²) in [5, 5.41) is 1.33. The van der Waals surface area contributed by atoms with E-state index in [2.05, 4.69) is 24.5 Å². The van der Waals surface area contributed by atoms with Gasteiger partial charge in [-0.3, -0.25) is 9.69 Å². The van der Waals surface area contributed by atoms with Crippen LogP contribution in [0.5, 0.6) is 11.5 Å². The van der Waals surface area contributed by atoms with Crippen LogP contribution in [0.15, 0.2) is 88.8 Å². The van der Waals surface area contributed by atoms with Crippen molar-refractivity contribution in [3.05, 3.63) is 111 Å². The highest BCUT2D eigenvalue weighted by atomic mass is 35.5. The van der Waals surface area contributed by atoms with E-state index >= 15 is 0 Å². The van der Waals surface area contributed by atoms with Crippen molar-refractivity contribution in [2.75, 3.05) is 27.4 Å². The van der Waals surface area contributed by atoms with E-state index in [1.165, 1.54) is 11.8 Å². The molecule has 42 heavy (non-hydrogen) atoms. The molecule has 1 saturated heterocycles. The average molecular weight is 602 g/mol. The molecule has 9 heteroatoms. The van der Waals surface area contributed by atoms with Crippen molar-refractivity contribution in [3.8, 4) is 17.2 Å². The molecule has 0 radical (unpaired) electrons. The number of carbonyl (C=O) groups excluding carboxylic acids is 1. The van der Waals surface area contributed by atoms with Crippen molar-refractivity contribution in [2.45, 2.75) is 20.5 Å². The quantitative estimate of drug-likeness (QED) is 0.175. The second-order valence-corrected chi connectivity index (χ2v) is 11.2. The molecule has 4 aromatic rings. The number of thioether (sulfide) groups is 1. The number of ether oxygens (including phenoxy) is 3. The smallest absolute Gasteiger partial charge is 0.266 e. The highest BCUT2D eigenvalue weighted by Gasteiger charge is 2.33. The predicted molar refractivity (Wildman–Crippen MR) is 170 cm³/mol. The standard InChI is InChI=1S/C33H32ClN3O4S/c1-22-19-25(23(2)37(22)28-11-15-30(16-12-28)41-21-24-5-7-26(34)8-6-24)20-31-32(38)36(17-18-39-3)33(42-31)35-27-9-13-29(40-4)14-10-27/h5-16,19-20H,17-18,21H2,1-4H3/b31-20-,35-33?. The lowest BCUT2D eigenvalue weighted by molar-refractivity contribution is -0.122. The summed E-state index contributed by atoms with van der Waals surface area (Å²) >= 11 is 7.35. The summed E-state index contributed by atoms with van der Waals surface area (Å²) in [5.41, 5.74) is 5.88. The highest BCUT2D eigenvalue weighted by Crippen LogP contribution is 2.35. The van der Waals surface area contributed by atoms with Crippen molar-refractivity contribution in [1.82, 2.24) is 9.47 Å². The number of carbonyl (C=O) groups is 1. The van der Waals surface area contributed by atoms with Crippen molar-refractivity contribution < 1.29 is 19.0 Å². The van der Waals surface area contributed by atoms with Crippen LogP contribution in [0.25, 0.3) is 11.8 Å². The Kier molecular flexibility index (Phi) is 9.37. The maximum Gasteiger partial charge on any atom is 0.266 e. The summed E-state index contributed by atoms with van der Waals surface area (Å²) in [7, 11) is 3.25. The number of halogens is 1. The van der Waals surface area contributed by atoms with Gasteiger partial charge in [-0.25, -0.2) is 4.99 Å². The Morgan fingerprint density at radius 2 is 1.62 bits per heavy atom. The van der Waals surface area contributed by atoms with Gasteiger partial charge < -0.3 is 18.8 Å². The van der Waals surface area contributed by atoms with E-state index in [0.29, 0.717) is 34.9 Å². The lowest BCUT2D eigenvalue weighted by Gasteiger charge is -2.14. The number of methoxy groups -OCH3 is 2. The maximum absolute atomic E-state index is 13.5. The summed E-state index contributed by atoms with van der Waals surface area (Å²) in [5.74, 6) is 1.45. The SMILES string of the molecule is COCCN1C(=O)/C(=C/c2cc(C)n(-c3ccc(OCc4ccc(Cl)cc4)cc3)c2C)SC1=Nc1ccc(OC)cc1. The Bertz CT molecular complexity index is 1610. The zero-order valence-electron chi connectivity index (χ0n) is 24.0. The Morgan fingerprint density at radius 1 is 0.929 bits per heavy atom.